The standard InChI is InChI=1S/C17H19N5O/c1-2-7-11-14-18-19-15(22(14)12-8-3-1)17-21-20-16(23-17)13-9-5-4-6-10-13/h4-6,9-10H,1-3,7-8,11-12H2. The largest absolute Gasteiger partial charge is 0.413 e. The molecular weight excluding hydrogens is 290 g/mol. The molecule has 118 valence electrons. The van der Waals surface area contributed by atoms with Gasteiger partial charge in [-0.05, 0) is 25.0 Å². The van der Waals surface area contributed by atoms with E-state index < -0.39 is 0 Å². The Morgan fingerprint density at radius 3 is 2.48 bits per heavy atom. The van der Waals surface area contributed by atoms with E-state index in [0.29, 0.717) is 17.6 Å². The van der Waals surface area contributed by atoms with E-state index in [-0.39, 0.29) is 0 Å². The van der Waals surface area contributed by atoms with Crippen molar-refractivity contribution in [2.45, 2.75) is 45.1 Å². The van der Waals surface area contributed by atoms with Crippen molar-refractivity contribution in [2.24, 2.45) is 0 Å². The summed E-state index contributed by atoms with van der Waals surface area (Å²) < 4.78 is 7.98. The van der Waals surface area contributed by atoms with E-state index in [1.807, 2.05) is 30.3 Å². The second kappa shape index (κ2) is 6.32. The monoisotopic (exact) mass is 309 g/mol. The number of fused-ring (bicyclic) bond motifs is 1. The molecule has 0 spiro atoms. The summed E-state index contributed by atoms with van der Waals surface area (Å²) in [5, 5.41) is 17.0. The van der Waals surface area contributed by atoms with Gasteiger partial charge in [0, 0.05) is 18.5 Å². The number of nitrogens with zero attached hydrogens (tertiary/aromatic N) is 5. The number of hydrogen-bond acceptors (Lipinski definition) is 5. The molecule has 23 heavy (non-hydrogen) atoms. The zero-order chi connectivity index (χ0) is 15.5. The van der Waals surface area contributed by atoms with Crippen LogP contribution in [0.4, 0.5) is 0 Å². The van der Waals surface area contributed by atoms with E-state index in [2.05, 4.69) is 25.0 Å². The van der Waals surface area contributed by atoms with Crippen molar-refractivity contribution in [1.29, 1.82) is 0 Å². The second-order valence-corrected chi connectivity index (χ2v) is 5.89. The average molecular weight is 309 g/mol. The Bertz CT molecular complexity index is 777. The van der Waals surface area contributed by atoms with Crippen LogP contribution in [0.15, 0.2) is 34.7 Å². The van der Waals surface area contributed by atoms with Crippen molar-refractivity contribution in [2.75, 3.05) is 0 Å². The normalized spacial score (nSPS) is 15.5. The van der Waals surface area contributed by atoms with E-state index in [1.54, 1.807) is 0 Å². The Kier molecular flexibility index (Phi) is 3.88. The van der Waals surface area contributed by atoms with Gasteiger partial charge in [-0.15, -0.1) is 20.4 Å². The summed E-state index contributed by atoms with van der Waals surface area (Å²) in [7, 11) is 0. The average Bonchev–Trinajstić information content (AvgIpc) is 3.22. The topological polar surface area (TPSA) is 69.6 Å². The van der Waals surface area contributed by atoms with E-state index in [4.69, 9.17) is 4.42 Å². The van der Waals surface area contributed by atoms with Crippen LogP contribution in [0.5, 0.6) is 0 Å². The first kappa shape index (κ1) is 14.1. The van der Waals surface area contributed by atoms with Crippen molar-refractivity contribution < 1.29 is 4.42 Å². The molecule has 1 aliphatic heterocycles. The minimum absolute atomic E-state index is 0.446. The van der Waals surface area contributed by atoms with Crippen LogP contribution in [0.3, 0.4) is 0 Å². The van der Waals surface area contributed by atoms with Gasteiger partial charge in [0.15, 0.2) is 0 Å². The van der Waals surface area contributed by atoms with Crippen molar-refractivity contribution in [3.63, 3.8) is 0 Å². The minimum atomic E-state index is 0.446. The zero-order valence-electron chi connectivity index (χ0n) is 13.0. The van der Waals surface area contributed by atoms with E-state index in [1.165, 1.54) is 19.3 Å². The molecule has 6 nitrogen and oxygen atoms in total. The Labute approximate surface area is 134 Å². The third kappa shape index (κ3) is 2.88. The fraction of sp³-hybridized carbons (Fsp3) is 0.412. The summed E-state index contributed by atoms with van der Waals surface area (Å²) in [6.07, 6.45) is 7.07. The maximum absolute atomic E-state index is 5.84. The van der Waals surface area contributed by atoms with Crippen LogP contribution >= 0.6 is 0 Å². The van der Waals surface area contributed by atoms with Crippen molar-refractivity contribution in [3.8, 4) is 23.2 Å². The quantitative estimate of drug-likeness (QED) is 0.724. The molecule has 4 rings (SSSR count). The Balaban J connectivity index is 1.67. The molecule has 3 aromatic rings. The van der Waals surface area contributed by atoms with Crippen molar-refractivity contribution >= 4 is 0 Å². The van der Waals surface area contributed by atoms with Crippen LogP contribution in [0.25, 0.3) is 23.2 Å². The van der Waals surface area contributed by atoms with Crippen molar-refractivity contribution in [3.05, 3.63) is 36.2 Å². The van der Waals surface area contributed by atoms with Gasteiger partial charge < -0.3 is 8.98 Å². The molecule has 0 fully saturated rings. The number of hydrogen-bond donors (Lipinski definition) is 0. The van der Waals surface area contributed by atoms with Gasteiger partial charge in [0.2, 0.25) is 11.7 Å². The molecule has 2 aromatic heterocycles. The summed E-state index contributed by atoms with van der Waals surface area (Å²) in [5.74, 6) is 2.68. The van der Waals surface area contributed by atoms with Crippen molar-refractivity contribution in [1.82, 2.24) is 25.0 Å². The Hall–Kier alpha value is -2.50. The van der Waals surface area contributed by atoms with Gasteiger partial charge in [0.05, 0.1) is 0 Å². The second-order valence-electron chi connectivity index (χ2n) is 5.89. The minimum Gasteiger partial charge on any atom is -0.413 e. The SMILES string of the molecule is c1ccc(-c2nnc(-c3nnc4n3CCCCCCC4)o2)cc1. The fourth-order valence-electron chi connectivity index (χ4n) is 3.01. The van der Waals surface area contributed by atoms with Crippen LogP contribution in [0, 0.1) is 0 Å². The fourth-order valence-corrected chi connectivity index (χ4v) is 3.01. The van der Waals surface area contributed by atoms with Gasteiger partial charge in [-0.3, -0.25) is 0 Å². The molecule has 0 amide bonds. The van der Waals surface area contributed by atoms with Gasteiger partial charge in [-0.2, -0.15) is 0 Å². The summed E-state index contributed by atoms with van der Waals surface area (Å²) in [6, 6.07) is 9.78. The van der Waals surface area contributed by atoms with Gasteiger partial charge >= 0.3 is 0 Å². The van der Waals surface area contributed by atoms with Gasteiger partial charge in [0.25, 0.3) is 5.89 Å². The molecular formula is C17H19N5O. The predicted octanol–water partition coefficient (Wildman–Crippen LogP) is 3.50. The highest BCUT2D eigenvalue weighted by Gasteiger charge is 2.20. The highest BCUT2D eigenvalue weighted by atomic mass is 16.4. The molecule has 0 saturated heterocycles. The molecule has 1 aromatic carbocycles. The Morgan fingerprint density at radius 1 is 0.783 bits per heavy atom. The van der Waals surface area contributed by atoms with Crippen LogP contribution in [0.2, 0.25) is 0 Å². The van der Waals surface area contributed by atoms with Gasteiger partial charge in [-0.1, -0.05) is 37.5 Å². The molecule has 1 aliphatic rings. The third-order valence-corrected chi connectivity index (χ3v) is 4.25. The lowest BCUT2D eigenvalue weighted by atomic mass is 10.1. The number of aromatic nitrogens is 5. The molecule has 0 saturated carbocycles. The lowest BCUT2D eigenvalue weighted by molar-refractivity contribution is 0.554. The molecule has 3 heterocycles. The van der Waals surface area contributed by atoms with Crippen LogP contribution < -0.4 is 0 Å². The van der Waals surface area contributed by atoms with E-state index >= 15 is 0 Å². The van der Waals surface area contributed by atoms with E-state index in [9.17, 15) is 0 Å². The molecule has 0 N–H and O–H groups in total. The first-order chi connectivity index (χ1) is 11.4. The maximum atomic E-state index is 5.84. The van der Waals surface area contributed by atoms with Crippen LogP contribution in [-0.4, -0.2) is 25.0 Å². The lowest BCUT2D eigenvalue weighted by Crippen LogP contribution is -2.05. The smallest absolute Gasteiger partial charge is 0.286 e. The van der Waals surface area contributed by atoms with Gasteiger partial charge in [0.1, 0.15) is 5.82 Å². The lowest BCUT2D eigenvalue weighted by Gasteiger charge is -2.06. The summed E-state index contributed by atoms with van der Waals surface area (Å²) in [4.78, 5) is 0. The zero-order valence-corrected chi connectivity index (χ0v) is 13.0. The Morgan fingerprint density at radius 2 is 1.57 bits per heavy atom. The highest BCUT2D eigenvalue weighted by molar-refractivity contribution is 5.54. The van der Waals surface area contributed by atoms with Gasteiger partial charge in [-0.25, -0.2) is 0 Å². The first-order valence-electron chi connectivity index (χ1n) is 8.23. The molecule has 0 bridgehead atoms. The molecule has 0 aliphatic carbocycles. The number of aryl methyl sites for hydroxylation is 1. The summed E-state index contributed by atoms with van der Waals surface area (Å²) >= 11 is 0. The maximum Gasteiger partial charge on any atom is 0.286 e. The first-order valence-corrected chi connectivity index (χ1v) is 8.23. The molecule has 0 atom stereocenters. The third-order valence-electron chi connectivity index (χ3n) is 4.25. The number of rotatable bonds is 2. The predicted molar refractivity (Wildman–Crippen MR) is 85.5 cm³/mol. The highest BCUT2D eigenvalue weighted by Crippen LogP contribution is 2.24. The summed E-state index contributed by atoms with van der Waals surface area (Å²) in [5.41, 5.74) is 0.912. The van der Waals surface area contributed by atoms with Crippen LogP contribution in [-0.2, 0) is 13.0 Å². The van der Waals surface area contributed by atoms with E-state index in [0.717, 1.165) is 37.2 Å². The molecule has 0 radical (unpaired) electrons. The summed E-state index contributed by atoms with van der Waals surface area (Å²) in [6.45, 7) is 0.917. The molecule has 6 heteroatoms. The van der Waals surface area contributed by atoms with Crippen LogP contribution in [0.1, 0.15) is 37.9 Å². The number of benzene rings is 1. The molecule has 0 unspecified atom stereocenters.